The lowest BCUT2D eigenvalue weighted by Crippen LogP contribution is -2.26. The standard InChI is InChI=1S/C15H18N2O2S/c1-11-5-4-6-14(8-11)17(3)20(18,19)15-9-12(2)7-13(16)10-15/h4-10H,16H2,1-3H3. The fourth-order valence-electron chi connectivity index (χ4n) is 2.05. The van der Waals surface area contributed by atoms with Crippen molar-refractivity contribution in [3.05, 3.63) is 53.6 Å². The maximum Gasteiger partial charge on any atom is 0.264 e. The number of rotatable bonds is 3. The number of nitrogen functional groups attached to an aromatic ring is 1. The van der Waals surface area contributed by atoms with Gasteiger partial charge in [-0.2, -0.15) is 0 Å². The Morgan fingerprint density at radius 3 is 2.30 bits per heavy atom. The van der Waals surface area contributed by atoms with Gasteiger partial charge in [-0.25, -0.2) is 8.42 Å². The zero-order valence-electron chi connectivity index (χ0n) is 11.8. The molecule has 0 aliphatic rings. The molecule has 0 bridgehead atoms. The van der Waals surface area contributed by atoms with Gasteiger partial charge in [-0.15, -0.1) is 0 Å². The highest BCUT2D eigenvalue weighted by Crippen LogP contribution is 2.24. The Bertz CT molecular complexity index is 719. The van der Waals surface area contributed by atoms with Crippen LogP contribution in [0, 0.1) is 13.8 Å². The van der Waals surface area contributed by atoms with Gasteiger partial charge in [-0.3, -0.25) is 4.31 Å². The third kappa shape index (κ3) is 2.77. The molecule has 0 radical (unpaired) electrons. The van der Waals surface area contributed by atoms with Gasteiger partial charge < -0.3 is 5.73 Å². The van der Waals surface area contributed by atoms with Crippen molar-refractivity contribution < 1.29 is 8.42 Å². The largest absolute Gasteiger partial charge is 0.399 e. The van der Waals surface area contributed by atoms with Crippen molar-refractivity contribution in [2.75, 3.05) is 17.1 Å². The summed E-state index contributed by atoms with van der Waals surface area (Å²) >= 11 is 0. The average Bonchev–Trinajstić information content (AvgIpc) is 2.36. The molecule has 2 rings (SSSR count). The molecule has 5 heteroatoms. The molecule has 20 heavy (non-hydrogen) atoms. The average molecular weight is 290 g/mol. The molecular formula is C15H18N2O2S. The molecule has 0 aliphatic carbocycles. The number of nitrogens with zero attached hydrogens (tertiary/aromatic N) is 1. The van der Waals surface area contributed by atoms with Crippen LogP contribution < -0.4 is 10.0 Å². The lowest BCUT2D eigenvalue weighted by Gasteiger charge is -2.20. The van der Waals surface area contributed by atoms with E-state index >= 15 is 0 Å². The van der Waals surface area contributed by atoms with Crippen LogP contribution in [0.3, 0.4) is 0 Å². The molecule has 2 aromatic rings. The molecule has 0 saturated carbocycles. The molecule has 0 heterocycles. The Balaban J connectivity index is 2.49. The fraction of sp³-hybridized carbons (Fsp3) is 0.200. The van der Waals surface area contributed by atoms with E-state index in [-0.39, 0.29) is 4.90 Å². The van der Waals surface area contributed by atoms with Crippen LogP contribution in [0.15, 0.2) is 47.4 Å². The van der Waals surface area contributed by atoms with Crippen LogP contribution in [0.1, 0.15) is 11.1 Å². The second-order valence-electron chi connectivity index (χ2n) is 4.89. The molecular weight excluding hydrogens is 272 g/mol. The summed E-state index contributed by atoms with van der Waals surface area (Å²) in [6.07, 6.45) is 0. The lowest BCUT2D eigenvalue weighted by atomic mass is 10.2. The molecule has 0 unspecified atom stereocenters. The second-order valence-corrected chi connectivity index (χ2v) is 6.86. The van der Waals surface area contributed by atoms with Gasteiger partial charge >= 0.3 is 0 Å². The predicted molar refractivity (Wildman–Crippen MR) is 82.4 cm³/mol. The third-order valence-electron chi connectivity index (χ3n) is 3.10. The summed E-state index contributed by atoms with van der Waals surface area (Å²) in [7, 11) is -2.06. The summed E-state index contributed by atoms with van der Waals surface area (Å²) in [4.78, 5) is 0.207. The first-order chi connectivity index (χ1) is 9.30. The van der Waals surface area contributed by atoms with Crippen molar-refractivity contribution in [2.45, 2.75) is 18.7 Å². The Labute approximate surface area is 119 Å². The van der Waals surface area contributed by atoms with E-state index in [0.717, 1.165) is 11.1 Å². The van der Waals surface area contributed by atoms with E-state index < -0.39 is 10.0 Å². The fourth-order valence-corrected chi connectivity index (χ4v) is 3.37. The van der Waals surface area contributed by atoms with E-state index in [9.17, 15) is 8.42 Å². The minimum absolute atomic E-state index is 0.207. The SMILES string of the molecule is Cc1cccc(N(C)S(=O)(=O)c2cc(C)cc(N)c2)c1. The number of benzene rings is 2. The number of nitrogens with two attached hydrogens (primary N) is 1. The third-order valence-corrected chi connectivity index (χ3v) is 4.86. The topological polar surface area (TPSA) is 63.4 Å². The zero-order valence-corrected chi connectivity index (χ0v) is 12.6. The number of aryl methyl sites for hydroxylation is 2. The van der Waals surface area contributed by atoms with Crippen molar-refractivity contribution in [1.29, 1.82) is 0 Å². The maximum atomic E-state index is 12.6. The van der Waals surface area contributed by atoms with E-state index in [1.165, 1.54) is 10.4 Å². The van der Waals surface area contributed by atoms with Crippen LogP contribution in [0.4, 0.5) is 11.4 Å². The van der Waals surface area contributed by atoms with E-state index in [1.54, 1.807) is 25.2 Å². The van der Waals surface area contributed by atoms with Gasteiger partial charge in [0.25, 0.3) is 10.0 Å². The molecule has 2 N–H and O–H groups in total. The Morgan fingerprint density at radius 1 is 1.00 bits per heavy atom. The van der Waals surface area contributed by atoms with Crippen molar-refractivity contribution >= 4 is 21.4 Å². The summed E-state index contributed by atoms with van der Waals surface area (Å²) in [5, 5.41) is 0. The first-order valence-corrected chi connectivity index (χ1v) is 7.67. The molecule has 0 fully saturated rings. The van der Waals surface area contributed by atoms with Crippen molar-refractivity contribution in [3.8, 4) is 0 Å². The normalized spacial score (nSPS) is 11.3. The van der Waals surface area contributed by atoms with Gasteiger partial charge in [-0.05, 0) is 55.3 Å². The molecule has 0 saturated heterocycles. The van der Waals surface area contributed by atoms with Gasteiger partial charge in [0.15, 0.2) is 0 Å². The molecule has 0 amide bonds. The summed E-state index contributed by atoms with van der Waals surface area (Å²) in [5.41, 5.74) is 8.64. The Morgan fingerprint density at radius 2 is 1.70 bits per heavy atom. The van der Waals surface area contributed by atoms with Gasteiger partial charge in [-0.1, -0.05) is 12.1 Å². The van der Waals surface area contributed by atoms with Gasteiger partial charge in [0.05, 0.1) is 10.6 Å². The number of hydrogen-bond donors (Lipinski definition) is 1. The molecule has 2 aromatic carbocycles. The minimum Gasteiger partial charge on any atom is -0.399 e. The van der Waals surface area contributed by atoms with Crippen LogP contribution in [-0.4, -0.2) is 15.5 Å². The molecule has 106 valence electrons. The maximum absolute atomic E-state index is 12.6. The zero-order chi connectivity index (χ0) is 14.9. The highest BCUT2D eigenvalue weighted by atomic mass is 32.2. The lowest BCUT2D eigenvalue weighted by molar-refractivity contribution is 0.594. The van der Waals surface area contributed by atoms with Crippen LogP contribution in [0.25, 0.3) is 0 Å². The highest BCUT2D eigenvalue weighted by Gasteiger charge is 2.21. The number of anilines is 2. The highest BCUT2D eigenvalue weighted by molar-refractivity contribution is 7.92. The van der Waals surface area contributed by atoms with Crippen molar-refractivity contribution in [3.63, 3.8) is 0 Å². The van der Waals surface area contributed by atoms with E-state index in [0.29, 0.717) is 11.4 Å². The Hall–Kier alpha value is -2.01. The first-order valence-electron chi connectivity index (χ1n) is 6.23. The van der Waals surface area contributed by atoms with E-state index in [2.05, 4.69) is 0 Å². The van der Waals surface area contributed by atoms with Crippen LogP contribution in [0.5, 0.6) is 0 Å². The van der Waals surface area contributed by atoms with Gasteiger partial charge in [0.2, 0.25) is 0 Å². The van der Waals surface area contributed by atoms with Gasteiger partial charge in [0, 0.05) is 12.7 Å². The molecule has 0 aliphatic heterocycles. The van der Waals surface area contributed by atoms with E-state index in [1.807, 2.05) is 32.0 Å². The molecule has 0 atom stereocenters. The summed E-state index contributed by atoms with van der Waals surface area (Å²) < 4.78 is 26.5. The summed E-state index contributed by atoms with van der Waals surface area (Å²) in [5.74, 6) is 0. The van der Waals surface area contributed by atoms with E-state index in [4.69, 9.17) is 5.73 Å². The quantitative estimate of drug-likeness (QED) is 0.884. The van der Waals surface area contributed by atoms with Crippen molar-refractivity contribution in [2.24, 2.45) is 0 Å². The van der Waals surface area contributed by atoms with Crippen LogP contribution in [0.2, 0.25) is 0 Å². The van der Waals surface area contributed by atoms with Gasteiger partial charge in [0.1, 0.15) is 0 Å². The smallest absolute Gasteiger partial charge is 0.264 e. The number of sulfonamides is 1. The van der Waals surface area contributed by atoms with Crippen LogP contribution >= 0.6 is 0 Å². The van der Waals surface area contributed by atoms with Crippen LogP contribution in [-0.2, 0) is 10.0 Å². The number of hydrogen-bond acceptors (Lipinski definition) is 3. The first kappa shape index (κ1) is 14.4. The molecule has 0 aromatic heterocycles. The monoisotopic (exact) mass is 290 g/mol. The summed E-state index contributed by atoms with van der Waals surface area (Å²) in [6.45, 7) is 3.75. The Kier molecular flexibility index (Phi) is 3.72. The predicted octanol–water partition coefficient (Wildman–Crippen LogP) is 2.71. The summed E-state index contributed by atoms with van der Waals surface area (Å²) in [6, 6.07) is 12.2. The van der Waals surface area contributed by atoms with Crippen molar-refractivity contribution in [1.82, 2.24) is 0 Å². The molecule has 4 nitrogen and oxygen atoms in total. The minimum atomic E-state index is -3.60. The molecule has 0 spiro atoms. The second kappa shape index (κ2) is 5.17.